The smallest absolute Gasteiger partial charge is 0.326 e. The van der Waals surface area contributed by atoms with Gasteiger partial charge in [0.1, 0.15) is 18.1 Å². The Morgan fingerprint density at radius 2 is 1.33 bits per heavy atom. The molecule has 15 heteroatoms. The van der Waals surface area contributed by atoms with Gasteiger partial charge in [-0.15, -0.1) is 0 Å². The molecule has 0 saturated heterocycles. The van der Waals surface area contributed by atoms with Crippen LogP contribution >= 0.6 is 0 Å². The number of carbonyl (C=O) groups excluding carboxylic acids is 3. The van der Waals surface area contributed by atoms with Gasteiger partial charge in [0, 0.05) is 36.4 Å². The minimum atomic E-state index is -1.44. The Morgan fingerprint density at radius 3 is 1.95 bits per heavy atom. The van der Waals surface area contributed by atoms with Crippen LogP contribution in [0.15, 0.2) is 30.5 Å². The largest absolute Gasteiger partial charge is 0.481 e. The predicted molar refractivity (Wildman–Crippen MR) is 150 cm³/mol. The highest BCUT2D eigenvalue weighted by Crippen LogP contribution is 2.19. The summed E-state index contributed by atoms with van der Waals surface area (Å²) in [4.78, 5) is 76.1. The van der Waals surface area contributed by atoms with Crippen LogP contribution in [0.5, 0.6) is 0 Å². The van der Waals surface area contributed by atoms with Gasteiger partial charge in [0.15, 0.2) is 0 Å². The summed E-state index contributed by atoms with van der Waals surface area (Å²) in [7, 11) is 0. The number of aliphatic carboxylic acids is 3. The van der Waals surface area contributed by atoms with Gasteiger partial charge in [-0.05, 0) is 50.3 Å². The number of amides is 3. The SMILES string of the molecule is NCCCCC(NC(=O)C(N)CCC(=O)O)C(=O)NC(CCC(=O)O)C(=O)NC(Cc1c[nH]c2ccccc12)C(=O)O. The maximum atomic E-state index is 13.2. The summed E-state index contributed by atoms with van der Waals surface area (Å²) in [5, 5.41) is 35.9. The van der Waals surface area contributed by atoms with Gasteiger partial charge in [0.2, 0.25) is 17.7 Å². The molecule has 230 valence electrons. The number of rotatable bonds is 19. The van der Waals surface area contributed by atoms with Gasteiger partial charge in [0.25, 0.3) is 0 Å². The molecule has 0 spiro atoms. The zero-order chi connectivity index (χ0) is 31.2. The molecule has 11 N–H and O–H groups in total. The fourth-order valence-electron chi connectivity index (χ4n) is 4.25. The topological polar surface area (TPSA) is 267 Å². The van der Waals surface area contributed by atoms with E-state index in [1.54, 1.807) is 18.3 Å². The van der Waals surface area contributed by atoms with Crippen molar-refractivity contribution in [1.29, 1.82) is 0 Å². The molecule has 2 rings (SSSR count). The summed E-state index contributed by atoms with van der Waals surface area (Å²) < 4.78 is 0. The van der Waals surface area contributed by atoms with Crippen molar-refractivity contribution in [2.75, 3.05) is 6.54 Å². The fraction of sp³-hybridized carbons (Fsp3) is 0.481. The molecule has 1 aromatic heterocycles. The molecule has 2 aromatic rings. The summed E-state index contributed by atoms with van der Waals surface area (Å²) in [6.45, 7) is 0.317. The molecule has 1 aromatic carbocycles. The van der Waals surface area contributed by atoms with Gasteiger partial charge in [-0.25, -0.2) is 4.79 Å². The molecule has 0 fully saturated rings. The van der Waals surface area contributed by atoms with E-state index < -0.39 is 66.2 Å². The second-order valence-electron chi connectivity index (χ2n) is 9.84. The Hall–Kier alpha value is -4.50. The molecular formula is C27H38N6O9. The van der Waals surface area contributed by atoms with Crippen molar-refractivity contribution in [1.82, 2.24) is 20.9 Å². The number of benzene rings is 1. The molecule has 3 amide bonds. The van der Waals surface area contributed by atoms with Gasteiger partial charge in [-0.1, -0.05) is 18.2 Å². The van der Waals surface area contributed by atoms with Gasteiger partial charge < -0.3 is 47.7 Å². The Bertz CT molecular complexity index is 1260. The first kappa shape index (κ1) is 33.7. The minimum Gasteiger partial charge on any atom is -0.481 e. The molecule has 0 aliphatic carbocycles. The van der Waals surface area contributed by atoms with Gasteiger partial charge >= 0.3 is 17.9 Å². The molecule has 0 aliphatic rings. The quantitative estimate of drug-likeness (QED) is 0.0935. The number of hydrogen-bond acceptors (Lipinski definition) is 8. The highest BCUT2D eigenvalue weighted by atomic mass is 16.4. The molecule has 0 saturated carbocycles. The zero-order valence-electron chi connectivity index (χ0n) is 23.0. The Morgan fingerprint density at radius 1 is 0.762 bits per heavy atom. The van der Waals surface area contributed by atoms with Crippen molar-refractivity contribution in [2.24, 2.45) is 11.5 Å². The third-order valence-electron chi connectivity index (χ3n) is 6.58. The average molecular weight is 591 g/mol. The number of unbranched alkanes of at least 4 members (excludes halogenated alkanes) is 1. The van der Waals surface area contributed by atoms with Crippen molar-refractivity contribution in [3.05, 3.63) is 36.0 Å². The second kappa shape index (κ2) is 16.7. The molecule has 1 heterocycles. The van der Waals surface area contributed by atoms with Crippen LogP contribution in [0.3, 0.4) is 0 Å². The van der Waals surface area contributed by atoms with Crippen molar-refractivity contribution < 1.29 is 44.1 Å². The molecule has 4 atom stereocenters. The monoisotopic (exact) mass is 590 g/mol. The normalized spacial score (nSPS) is 13.9. The van der Waals surface area contributed by atoms with Crippen molar-refractivity contribution in [3.8, 4) is 0 Å². The molecule has 0 bridgehead atoms. The molecule has 0 aliphatic heterocycles. The third kappa shape index (κ3) is 10.8. The molecular weight excluding hydrogens is 552 g/mol. The predicted octanol–water partition coefficient (Wildman–Crippen LogP) is -0.565. The first-order valence-corrected chi connectivity index (χ1v) is 13.5. The number of carbonyl (C=O) groups is 6. The van der Waals surface area contributed by atoms with Gasteiger partial charge in [-0.3, -0.25) is 24.0 Å². The third-order valence-corrected chi connectivity index (χ3v) is 6.58. The van der Waals surface area contributed by atoms with E-state index >= 15 is 0 Å². The Labute approximate surface area is 241 Å². The first-order valence-electron chi connectivity index (χ1n) is 13.5. The van der Waals surface area contributed by atoms with Crippen LogP contribution in [0.1, 0.15) is 50.5 Å². The molecule has 0 radical (unpaired) electrons. The van der Waals surface area contributed by atoms with Crippen LogP contribution in [0.2, 0.25) is 0 Å². The maximum Gasteiger partial charge on any atom is 0.326 e. The lowest BCUT2D eigenvalue weighted by atomic mass is 10.0. The van der Waals surface area contributed by atoms with E-state index in [-0.39, 0.29) is 32.1 Å². The highest BCUT2D eigenvalue weighted by Gasteiger charge is 2.31. The van der Waals surface area contributed by atoms with Gasteiger partial charge in [0.05, 0.1) is 6.04 Å². The molecule has 15 nitrogen and oxygen atoms in total. The number of carboxylic acids is 3. The summed E-state index contributed by atoms with van der Waals surface area (Å²) in [6.07, 6.45) is 1.18. The number of aromatic amines is 1. The minimum absolute atomic E-state index is 0.0866. The highest BCUT2D eigenvalue weighted by molar-refractivity contribution is 5.94. The first-order chi connectivity index (χ1) is 19.9. The van der Waals surface area contributed by atoms with Crippen molar-refractivity contribution >= 4 is 46.5 Å². The molecule has 42 heavy (non-hydrogen) atoms. The van der Waals surface area contributed by atoms with E-state index in [0.717, 1.165) is 10.9 Å². The summed E-state index contributed by atoms with van der Waals surface area (Å²) >= 11 is 0. The van der Waals surface area contributed by atoms with E-state index in [1.807, 2.05) is 12.1 Å². The zero-order valence-corrected chi connectivity index (χ0v) is 23.0. The number of para-hydroxylation sites is 1. The standard InChI is InChI=1S/C27H38N6O9/c28-12-4-3-7-19(31-24(38)17(29)8-10-22(34)35)25(39)32-20(9-11-23(36)37)26(40)33-21(27(41)42)13-15-14-30-18-6-2-1-5-16(15)18/h1-2,5-6,14,17,19-21,30H,3-4,7-13,28-29H2,(H,31,38)(H,32,39)(H,33,40)(H,34,35)(H,36,37)(H,41,42). The van der Waals surface area contributed by atoms with E-state index in [1.165, 1.54) is 0 Å². The van der Waals surface area contributed by atoms with Crippen LogP contribution in [0, 0.1) is 0 Å². The van der Waals surface area contributed by atoms with Crippen LogP contribution in [-0.2, 0) is 35.2 Å². The number of nitrogens with two attached hydrogens (primary N) is 2. The van der Waals surface area contributed by atoms with Crippen molar-refractivity contribution in [3.63, 3.8) is 0 Å². The van der Waals surface area contributed by atoms with Gasteiger partial charge in [-0.2, -0.15) is 0 Å². The van der Waals surface area contributed by atoms with E-state index in [9.17, 15) is 39.0 Å². The lowest BCUT2D eigenvalue weighted by molar-refractivity contribution is -0.143. The average Bonchev–Trinajstić information content (AvgIpc) is 3.35. The Kier molecular flexibility index (Phi) is 13.4. The van der Waals surface area contributed by atoms with Crippen LogP contribution in [0.25, 0.3) is 10.9 Å². The van der Waals surface area contributed by atoms with E-state index in [0.29, 0.717) is 24.9 Å². The number of aromatic nitrogens is 1. The Balaban J connectivity index is 2.18. The number of nitrogens with one attached hydrogen (secondary N) is 4. The number of carboxylic acid groups (broad SMARTS) is 3. The van der Waals surface area contributed by atoms with Crippen LogP contribution in [0.4, 0.5) is 0 Å². The van der Waals surface area contributed by atoms with Crippen LogP contribution < -0.4 is 27.4 Å². The van der Waals surface area contributed by atoms with E-state index in [2.05, 4.69) is 20.9 Å². The lowest BCUT2D eigenvalue weighted by Gasteiger charge is -2.25. The van der Waals surface area contributed by atoms with E-state index in [4.69, 9.17) is 16.6 Å². The number of hydrogen-bond donors (Lipinski definition) is 9. The summed E-state index contributed by atoms with van der Waals surface area (Å²) in [5.74, 6) is -6.23. The lowest BCUT2D eigenvalue weighted by Crippen LogP contribution is -2.57. The fourth-order valence-corrected chi connectivity index (χ4v) is 4.25. The number of fused-ring (bicyclic) bond motifs is 1. The summed E-state index contributed by atoms with van der Waals surface area (Å²) in [5.41, 5.74) is 12.7. The second-order valence-corrected chi connectivity index (χ2v) is 9.84. The number of H-pyrrole nitrogens is 1. The van der Waals surface area contributed by atoms with Crippen molar-refractivity contribution in [2.45, 2.75) is 75.5 Å². The summed E-state index contributed by atoms with van der Waals surface area (Å²) in [6, 6.07) is 1.97. The molecule has 4 unspecified atom stereocenters. The maximum absolute atomic E-state index is 13.2. The van der Waals surface area contributed by atoms with Crippen LogP contribution in [-0.4, -0.2) is 86.6 Å².